The van der Waals surface area contributed by atoms with Crippen LogP contribution in [0.15, 0.2) is 29.2 Å². The largest absolute Gasteiger partial charge is 0.481 e. The van der Waals surface area contributed by atoms with Crippen molar-refractivity contribution in [1.29, 1.82) is 0 Å². The number of carbonyl (C=O) groups is 2. The maximum absolute atomic E-state index is 12.1. The van der Waals surface area contributed by atoms with Gasteiger partial charge in [-0.3, -0.25) is 9.59 Å². The van der Waals surface area contributed by atoms with Gasteiger partial charge in [0.2, 0.25) is 5.91 Å². The highest BCUT2D eigenvalue weighted by molar-refractivity contribution is 8.00. The molecule has 0 aliphatic carbocycles. The van der Waals surface area contributed by atoms with Gasteiger partial charge in [-0.15, -0.1) is 11.8 Å². The molecule has 1 atom stereocenters. The van der Waals surface area contributed by atoms with Gasteiger partial charge in [-0.2, -0.15) is 0 Å². The zero-order valence-corrected chi connectivity index (χ0v) is 14.9. The van der Waals surface area contributed by atoms with E-state index in [0.717, 1.165) is 4.90 Å². The Hall–Kier alpha value is -1.53. The molecule has 6 heteroatoms. The summed E-state index contributed by atoms with van der Waals surface area (Å²) in [6.07, 6.45) is -0.180. The molecule has 0 saturated carbocycles. The molecular formula is C17H25NO4S. The minimum atomic E-state index is -0.971. The second kappa shape index (κ2) is 8.93. The molecule has 0 bridgehead atoms. The first-order chi connectivity index (χ1) is 10.8. The molecule has 0 fully saturated rings. The highest BCUT2D eigenvalue weighted by atomic mass is 32.2. The number of aliphatic carboxylic acids is 1. The van der Waals surface area contributed by atoms with Crippen LogP contribution in [0.25, 0.3) is 0 Å². The van der Waals surface area contributed by atoms with Crippen molar-refractivity contribution in [2.24, 2.45) is 0 Å². The fourth-order valence-electron chi connectivity index (χ4n) is 2.25. The number of nitrogens with one attached hydrogen (secondary N) is 1. The van der Waals surface area contributed by atoms with E-state index in [0.29, 0.717) is 5.92 Å². The van der Waals surface area contributed by atoms with Gasteiger partial charge < -0.3 is 15.2 Å². The van der Waals surface area contributed by atoms with Crippen LogP contribution in [0, 0.1) is 0 Å². The van der Waals surface area contributed by atoms with Gasteiger partial charge in [0.05, 0.1) is 24.3 Å². The summed E-state index contributed by atoms with van der Waals surface area (Å²) in [6.45, 7) is 6.09. The number of carbonyl (C=O) groups excluding carboxylic acids is 1. The molecule has 1 amide bonds. The van der Waals surface area contributed by atoms with Crippen molar-refractivity contribution in [2.45, 2.75) is 43.5 Å². The Morgan fingerprint density at radius 3 is 2.39 bits per heavy atom. The van der Waals surface area contributed by atoms with Gasteiger partial charge in [0.25, 0.3) is 0 Å². The molecule has 128 valence electrons. The van der Waals surface area contributed by atoms with Gasteiger partial charge in [0, 0.05) is 12.0 Å². The number of ether oxygens (including phenoxy) is 1. The molecule has 0 heterocycles. The Morgan fingerprint density at radius 1 is 1.30 bits per heavy atom. The van der Waals surface area contributed by atoms with E-state index in [1.807, 2.05) is 12.1 Å². The topological polar surface area (TPSA) is 75.6 Å². The Kier molecular flexibility index (Phi) is 7.58. The van der Waals surface area contributed by atoms with Crippen molar-refractivity contribution in [3.63, 3.8) is 0 Å². The van der Waals surface area contributed by atoms with E-state index in [1.54, 1.807) is 6.92 Å². The fourth-order valence-corrected chi connectivity index (χ4v) is 2.95. The van der Waals surface area contributed by atoms with Crippen LogP contribution < -0.4 is 5.32 Å². The first-order valence-corrected chi connectivity index (χ1v) is 8.49. The predicted octanol–water partition coefficient (Wildman–Crippen LogP) is 2.90. The molecule has 0 saturated heterocycles. The van der Waals surface area contributed by atoms with Crippen LogP contribution >= 0.6 is 11.8 Å². The molecule has 1 rings (SSSR count). The lowest BCUT2D eigenvalue weighted by Crippen LogP contribution is -2.51. The van der Waals surface area contributed by atoms with Gasteiger partial charge in [0.1, 0.15) is 0 Å². The highest BCUT2D eigenvalue weighted by Gasteiger charge is 2.29. The van der Waals surface area contributed by atoms with E-state index in [2.05, 4.69) is 31.3 Å². The maximum Gasteiger partial charge on any atom is 0.305 e. The highest BCUT2D eigenvalue weighted by Crippen LogP contribution is 2.22. The van der Waals surface area contributed by atoms with E-state index in [1.165, 1.54) is 24.4 Å². The summed E-state index contributed by atoms with van der Waals surface area (Å²) in [7, 11) is 1.48. The van der Waals surface area contributed by atoms with Gasteiger partial charge in [0.15, 0.2) is 0 Å². The van der Waals surface area contributed by atoms with Crippen molar-refractivity contribution < 1.29 is 19.4 Å². The number of rotatable bonds is 9. The molecule has 1 aromatic rings. The van der Waals surface area contributed by atoms with Crippen LogP contribution in [0.1, 0.15) is 38.7 Å². The molecule has 0 aromatic heterocycles. The Labute approximate surface area is 141 Å². The lowest BCUT2D eigenvalue weighted by atomic mass is 9.99. The fraction of sp³-hybridized carbons (Fsp3) is 0.529. The number of hydrogen-bond donors (Lipinski definition) is 2. The second-order valence-electron chi connectivity index (χ2n) is 6.12. The average Bonchev–Trinajstić information content (AvgIpc) is 2.44. The maximum atomic E-state index is 12.1. The lowest BCUT2D eigenvalue weighted by Gasteiger charge is -2.28. The van der Waals surface area contributed by atoms with Crippen LogP contribution in [-0.2, 0) is 14.3 Å². The van der Waals surface area contributed by atoms with Crippen LogP contribution in [-0.4, -0.2) is 42.0 Å². The Balaban J connectivity index is 2.56. The van der Waals surface area contributed by atoms with Gasteiger partial charge >= 0.3 is 5.97 Å². The van der Waals surface area contributed by atoms with E-state index < -0.39 is 11.5 Å². The number of benzene rings is 1. The number of carboxylic acids is 1. The molecule has 1 aromatic carbocycles. The van der Waals surface area contributed by atoms with Crippen molar-refractivity contribution in [3.05, 3.63) is 29.8 Å². The van der Waals surface area contributed by atoms with Crippen LogP contribution in [0.4, 0.5) is 0 Å². The van der Waals surface area contributed by atoms with Crippen LogP contribution in [0.3, 0.4) is 0 Å². The molecule has 0 aliphatic rings. The standard InChI is InChI=1S/C17H25NO4S/c1-12(2)13-5-7-14(8-6-13)23-10-15(19)18-17(3,11-22-4)9-16(20)21/h5-8,12H,9-11H2,1-4H3,(H,18,19)(H,20,21). The first-order valence-electron chi connectivity index (χ1n) is 7.50. The zero-order chi connectivity index (χ0) is 17.5. The first kappa shape index (κ1) is 19.5. The van der Waals surface area contributed by atoms with Crippen molar-refractivity contribution >= 4 is 23.6 Å². The summed E-state index contributed by atoms with van der Waals surface area (Å²) < 4.78 is 5.02. The number of hydrogen-bond acceptors (Lipinski definition) is 4. The molecule has 5 nitrogen and oxygen atoms in total. The Bertz CT molecular complexity index is 530. The van der Waals surface area contributed by atoms with Crippen LogP contribution in [0.5, 0.6) is 0 Å². The molecule has 0 aliphatic heterocycles. The molecule has 0 spiro atoms. The minimum absolute atomic E-state index is 0.152. The summed E-state index contributed by atoms with van der Waals surface area (Å²) >= 11 is 1.43. The smallest absolute Gasteiger partial charge is 0.305 e. The third kappa shape index (κ3) is 7.05. The third-order valence-electron chi connectivity index (χ3n) is 3.36. The molecular weight excluding hydrogens is 314 g/mol. The summed E-state index contributed by atoms with van der Waals surface area (Å²) in [6, 6.07) is 8.12. The van der Waals surface area contributed by atoms with E-state index >= 15 is 0 Å². The normalized spacial score (nSPS) is 13.6. The molecule has 0 radical (unpaired) electrons. The van der Waals surface area contributed by atoms with Gasteiger partial charge in [-0.25, -0.2) is 0 Å². The lowest BCUT2D eigenvalue weighted by molar-refractivity contribution is -0.139. The molecule has 23 heavy (non-hydrogen) atoms. The van der Waals surface area contributed by atoms with Crippen molar-refractivity contribution in [3.8, 4) is 0 Å². The third-order valence-corrected chi connectivity index (χ3v) is 4.37. The predicted molar refractivity (Wildman–Crippen MR) is 91.9 cm³/mol. The summed E-state index contributed by atoms with van der Waals surface area (Å²) in [5.74, 6) is -0.464. The molecule has 1 unspecified atom stereocenters. The van der Waals surface area contributed by atoms with Gasteiger partial charge in [-0.05, 0) is 30.5 Å². The number of methoxy groups -OCH3 is 1. The van der Waals surface area contributed by atoms with Crippen molar-refractivity contribution in [1.82, 2.24) is 5.32 Å². The van der Waals surface area contributed by atoms with Gasteiger partial charge in [-0.1, -0.05) is 26.0 Å². The number of thioether (sulfide) groups is 1. The second-order valence-corrected chi connectivity index (χ2v) is 7.17. The van der Waals surface area contributed by atoms with Crippen molar-refractivity contribution in [2.75, 3.05) is 19.5 Å². The average molecular weight is 339 g/mol. The SMILES string of the molecule is COCC(C)(CC(=O)O)NC(=O)CSc1ccc(C(C)C)cc1. The monoisotopic (exact) mass is 339 g/mol. The number of amides is 1. The molecule has 2 N–H and O–H groups in total. The summed E-state index contributed by atoms with van der Waals surface area (Å²) in [4.78, 5) is 24.0. The van der Waals surface area contributed by atoms with E-state index in [9.17, 15) is 9.59 Å². The Morgan fingerprint density at radius 2 is 1.91 bits per heavy atom. The summed E-state index contributed by atoms with van der Waals surface area (Å²) in [5, 5.41) is 11.7. The summed E-state index contributed by atoms with van der Waals surface area (Å²) in [5.41, 5.74) is 0.354. The quantitative estimate of drug-likeness (QED) is 0.677. The van der Waals surface area contributed by atoms with Crippen LogP contribution in [0.2, 0.25) is 0 Å². The van der Waals surface area contributed by atoms with E-state index in [4.69, 9.17) is 9.84 Å². The van der Waals surface area contributed by atoms with E-state index in [-0.39, 0.29) is 24.7 Å². The number of carboxylic acid groups (broad SMARTS) is 1. The minimum Gasteiger partial charge on any atom is -0.481 e. The zero-order valence-electron chi connectivity index (χ0n) is 14.1.